The molecule has 2 aromatic rings. The number of hydrogen-bond acceptors (Lipinski definition) is 5. The van der Waals surface area contributed by atoms with Gasteiger partial charge in [-0.25, -0.2) is 4.98 Å². The molecule has 0 bridgehead atoms. The molecule has 2 rings (SSSR count). The van der Waals surface area contributed by atoms with Crippen LogP contribution >= 0.6 is 11.3 Å². The molecule has 186 valence electrons. The van der Waals surface area contributed by atoms with Crippen LogP contribution in [-0.2, 0) is 22.4 Å². The van der Waals surface area contributed by atoms with Crippen molar-refractivity contribution in [3.05, 3.63) is 52.0 Å². The molecule has 0 unspecified atom stereocenters. The predicted molar refractivity (Wildman–Crippen MR) is 135 cm³/mol. The summed E-state index contributed by atoms with van der Waals surface area (Å²) in [7, 11) is 1.83. The van der Waals surface area contributed by atoms with Crippen LogP contribution in [0.2, 0.25) is 0 Å². The molecule has 3 atom stereocenters. The zero-order valence-electron chi connectivity index (χ0n) is 20.6. The van der Waals surface area contributed by atoms with Crippen molar-refractivity contribution in [2.75, 3.05) is 13.6 Å². The maximum absolute atomic E-state index is 12.8. The van der Waals surface area contributed by atoms with Gasteiger partial charge in [0, 0.05) is 37.9 Å². The van der Waals surface area contributed by atoms with Crippen LogP contribution in [0.1, 0.15) is 67.5 Å². The number of aromatic nitrogens is 1. The second-order valence-corrected chi connectivity index (χ2v) is 10.0. The van der Waals surface area contributed by atoms with Gasteiger partial charge in [-0.3, -0.25) is 14.4 Å². The van der Waals surface area contributed by atoms with E-state index in [4.69, 9.17) is 0 Å². The normalized spacial score (nSPS) is 13.6. The second kappa shape index (κ2) is 13.8. The third-order valence-corrected chi connectivity index (χ3v) is 6.94. The van der Waals surface area contributed by atoms with E-state index in [-0.39, 0.29) is 17.9 Å². The van der Waals surface area contributed by atoms with Crippen LogP contribution in [-0.4, -0.2) is 52.4 Å². The Morgan fingerprint density at radius 1 is 1.18 bits per heavy atom. The lowest BCUT2D eigenvalue weighted by atomic mass is 9.96. The van der Waals surface area contributed by atoms with E-state index in [0.29, 0.717) is 43.8 Å². The lowest BCUT2D eigenvalue weighted by Crippen LogP contribution is -2.38. The highest BCUT2D eigenvalue weighted by atomic mass is 32.1. The quantitative estimate of drug-likeness (QED) is 0.411. The van der Waals surface area contributed by atoms with Crippen molar-refractivity contribution in [2.45, 2.75) is 65.3 Å². The van der Waals surface area contributed by atoms with E-state index >= 15 is 0 Å². The molecule has 0 saturated heterocycles. The second-order valence-electron chi connectivity index (χ2n) is 9.10. The largest absolute Gasteiger partial charge is 0.481 e. The summed E-state index contributed by atoms with van der Waals surface area (Å²) in [6.45, 7) is 6.48. The first-order valence-electron chi connectivity index (χ1n) is 12.0. The third-order valence-electron chi connectivity index (χ3n) is 6.03. The average molecular weight is 488 g/mol. The van der Waals surface area contributed by atoms with Crippen molar-refractivity contribution in [1.29, 1.82) is 0 Å². The van der Waals surface area contributed by atoms with Gasteiger partial charge >= 0.3 is 5.97 Å². The topological polar surface area (TPSA) is 99.6 Å². The first-order chi connectivity index (χ1) is 16.2. The Morgan fingerprint density at radius 3 is 2.53 bits per heavy atom. The van der Waals surface area contributed by atoms with Gasteiger partial charge in [0.05, 0.1) is 10.9 Å². The molecule has 0 radical (unpaired) electrons. The molecule has 0 fully saturated rings. The van der Waals surface area contributed by atoms with Crippen LogP contribution in [0.5, 0.6) is 0 Å². The monoisotopic (exact) mass is 487 g/mol. The van der Waals surface area contributed by atoms with Crippen molar-refractivity contribution in [3.8, 4) is 0 Å². The van der Waals surface area contributed by atoms with Crippen molar-refractivity contribution in [1.82, 2.24) is 15.2 Å². The van der Waals surface area contributed by atoms with Crippen molar-refractivity contribution >= 4 is 29.1 Å². The summed E-state index contributed by atoms with van der Waals surface area (Å²) >= 11 is 1.43. The zero-order valence-corrected chi connectivity index (χ0v) is 21.4. The van der Waals surface area contributed by atoms with Crippen LogP contribution in [0, 0.1) is 11.8 Å². The zero-order chi connectivity index (χ0) is 25.1. The summed E-state index contributed by atoms with van der Waals surface area (Å²) in [5.74, 6) is -1.19. The third kappa shape index (κ3) is 9.25. The SMILES string of the molecule is CC[C@H](C)CC(=O)N(C)CCCc1nc(C(=O)N[C@@H](Cc2ccccc2)C[C@H](C)C(=O)O)cs1. The number of carboxylic acids is 1. The highest BCUT2D eigenvalue weighted by Gasteiger charge is 2.22. The minimum Gasteiger partial charge on any atom is -0.481 e. The number of aryl methyl sites for hydroxylation is 1. The van der Waals surface area contributed by atoms with Crippen molar-refractivity contribution in [3.63, 3.8) is 0 Å². The fourth-order valence-corrected chi connectivity index (χ4v) is 4.42. The van der Waals surface area contributed by atoms with Gasteiger partial charge in [0.2, 0.25) is 5.91 Å². The molecule has 34 heavy (non-hydrogen) atoms. The molecule has 7 nitrogen and oxygen atoms in total. The molecule has 0 aliphatic heterocycles. The summed E-state index contributed by atoms with van der Waals surface area (Å²) in [5.41, 5.74) is 1.39. The number of nitrogens with zero attached hydrogens (tertiary/aromatic N) is 2. The molecule has 0 saturated carbocycles. The summed E-state index contributed by atoms with van der Waals surface area (Å²) in [4.78, 5) is 42.7. The van der Waals surface area contributed by atoms with Gasteiger partial charge in [0.25, 0.3) is 5.91 Å². The number of carboxylic acid groups (broad SMARTS) is 1. The van der Waals surface area contributed by atoms with E-state index in [1.54, 1.807) is 17.2 Å². The van der Waals surface area contributed by atoms with Crippen LogP contribution in [0.3, 0.4) is 0 Å². The molecular weight excluding hydrogens is 450 g/mol. The minimum absolute atomic E-state index is 0.161. The fraction of sp³-hybridized carbons (Fsp3) is 0.538. The molecule has 0 aliphatic carbocycles. The van der Waals surface area contributed by atoms with Crippen molar-refractivity contribution in [2.24, 2.45) is 11.8 Å². The summed E-state index contributed by atoms with van der Waals surface area (Å²) < 4.78 is 0. The Morgan fingerprint density at radius 2 is 1.88 bits per heavy atom. The van der Waals surface area contributed by atoms with Crippen LogP contribution < -0.4 is 5.32 Å². The smallest absolute Gasteiger partial charge is 0.306 e. The Hall–Kier alpha value is -2.74. The molecule has 8 heteroatoms. The van der Waals surface area contributed by atoms with E-state index < -0.39 is 11.9 Å². The van der Waals surface area contributed by atoms with Crippen LogP contribution in [0.25, 0.3) is 0 Å². The average Bonchev–Trinajstić information content (AvgIpc) is 3.28. The number of carbonyl (C=O) groups is 3. The Balaban J connectivity index is 1.91. The van der Waals surface area contributed by atoms with Crippen LogP contribution in [0.4, 0.5) is 0 Å². The molecule has 1 aromatic carbocycles. The number of thiazole rings is 1. The lowest BCUT2D eigenvalue weighted by molar-refractivity contribution is -0.141. The van der Waals surface area contributed by atoms with E-state index in [1.165, 1.54) is 11.3 Å². The Kier molecular flexibility index (Phi) is 11.2. The van der Waals surface area contributed by atoms with Gasteiger partial charge in [0.15, 0.2) is 0 Å². The number of hydrogen-bond donors (Lipinski definition) is 2. The maximum atomic E-state index is 12.8. The Labute approximate surface area is 206 Å². The van der Waals surface area contributed by atoms with E-state index in [2.05, 4.69) is 24.1 Å². The molecule has 1 heterocycles. The van der Waals surface area contributed by atoms with E-state index in [1.807, 2.05) is 37.4 Å². The molecule has 0 aliphatic rings. The summed E-state index contributed by atoms with van der Waals surface area (Å²) in [5, 5.41) is 14.9. The predicted octanol–water partition coefficient (Wildman–Crippen LogP) is 4.42. The summed E-state index contributed by atoms with van der Waals surface area (Å²) in [6.07, 6.45) is 3.93. The molecular formula is C26H37N3O4S. The molecule has 1 aromatic heterocycles. The highest BCUT2D eigenvalue weighted by molar-refractivity contribution is 7.09. The van der Waals surface area contributed by atoms with E-state index in [9.17, 15) is 19.5 Å². The number of aliphatic carboxylic acids is 1. The summed E-state index contributed by atoms with van der Waals surface area (Å²) in [6, 6.07) is 9.41. The number of rotatable bonds is 14. The van der Waals surface area contributed by atoms with Crippen LogP contribution in [0.15, 0.2) is 35.7 Å². The van der Waals surface area contributed by atoms with Gasteiger partial charge in [-0.05, 0) is 30.7 Å². The van der Waals surface area contributed by atoms with Gasteiger partial charge in [-0.2, -0.15) is 0 Å². The van der Waals surface area contributed by atoms with Gasteiger partial charge < -0.3 is 15.3 Å². The maximum Gasteiger partial charge on any atom is 0.306 e. The van der Waals surface area contributed by atoms with Gasteiger partial charge in [0.1, 0.15) is 5.69 Å². The van der Waals surface area contributed by atoms with E-state index in [0.717, 1.165) is 23.4 Å². The number of carbonyl (C=O) groups excluding carboxylic acids is 2. The molecule has 2 amide bonds. The first kappa shape index (κ1) is 27.5. The number of benzene rings is 1. The fourth-order valence-electron chi connectivity index (χ4n) is 3.60. The minimum atomic E-state index is -0.879. The number of nitrogens with one attached hydrogen (secondary N) is 1. The molecule has 0 spiro atoms. The Bertz CT molecular complexity index is 931. The van der Waals surface area contributed by atoms with Crippen molar-refractivity contribution < 1.29 is 19.5 Å². The van der Waals surface area contributed by atoms with Gasteiger partial charge in [-0.15, -0.1) is 11.3 Å². The first-order valence-corrected chi connectivity index (χ1v) is 12.8. The standard InChI is InChI=1S/C26H37N3O4S/c1-5-18(2)14-24(30)29(4)13-9-12-23-28-22(17-34-23)25(31)27-21(15-19(3)26(32)33)16-20-10-7-6-8-11-20/h6-8,10-11,17-19,21H,5,9,12-16H2,1-4H3,(H,27,31)(H,32,33)/t18-,19-,21+/m0/s1. The highest BCUT2D eigenvalue weighted by Crippen LogP contribution is 2.16. The van der Waals surface area contributed by atoms with Gasteiger partial charge in [-0.1, -0.05) is 57.5 Å². The lowest BCUT2D eigenvalue weighted by Gasteiger charge is -2.20. The molecule has 2 N–H and O–H groups in total. The number of amides is 2.